The number of hydrogen-bond donors (Lipinski definition) is 1. The molecule has 0 saturated carbocycles. The number of rotatable bonds is 8. The Bertz CT molecular complexity index is 1440. The molecule has 11 heteroatoms. The van der Waals surface area contributed by atoms with Crippen molar-refractivity contribution in [3.05, 3.63) is 65.3 Å². The maximum absolute atomic E-state index is 14.0. The van der Waals surface area contributed by atoms with E-state index in [1.807, 2.05) is 40.7 Å². The van der Waals surface area contributed by atoms with Gasteiger partial charge in [-0.15, -0.1) is 10.2 Å². The Balaban J connectivity index is 1.79. The quantitative estimate of drug-likeness (QED) is 0.367. The smallest absolute Gasteiger partial charge is 0.251 e. The molecule has 0 spiro atoms. The van der Waals surface area contributed by atoms with E-state index in [0.29, 0.717) is 34.5 Å². The fourth-order valence-electron chi connectivity index (χ4n) is 3.98. The van der Waals surface area contributed by atoms with Crippen molar-refractivity contribution >= 4 is 17.5 Å². The van der Waals surface area contributed by atoms with Crippen molar-refractivity contribution in [2.75, 3.05) is 12.0 Å². The van der Waals surface area contributed by atoms with Crippen LogP contribution in [-0.4, -0.2) is 44.7 Å². The molecule has 2 amide bonds. The first-order chi connectivity index (χ1) is 17.9. The van der Waals surface area contributed by atoms with E-state index in [0.717, 1.165) is 10.4 Å². The lowest BCUT2D eigenvalue weighted by Gasteiger charge is -2.33. The van der Waals surface area contributed by atoms with Gasteiger partial charge in [0.15, 0.2) is 11.8 Å². The number of benzene rings is 1. The van der Waals surface area contributed by atoms with Crippen LogP contribution in [0.3, 0.4) is 0 Å². The molecule has 0 radical (unpaired) electrons. The Morgan fingerprint density at radius 3 is 2.37 bits per heavy atom. The molecule has 1 N–H and O–H groups in total. The van der Waals surface area contributed by atoms with Gasteiger partial charge in [-0.1, -0.05) is 6.07 Å². The lowest BCUT2D eigenvalue weighted by atomic mass is 10.0. The minimum absolute atomic E-state index is 0.245. The Morgan fingerprint density at radius 1 is 1.05 bits per heavy atom. The predicted octanol–water partition coefficient (Wildman–Crippen LogP) is 4.15. The second-order valence-electron chi connectivity index (χ2n) is 10.1. The predicted molar refractivity (Wildman–Crippen MR) is 140 cm³/mol. The lowest BCUT2D eigenvalue weighted by molar-refractivity contribution is -0.128. The number of aromatic nitrogens is 4. The second-order valence-corrected chi connectivity index (χ2v) is 10.1. The molecular weight excluding hydrogens is 488 g/mol. The summed E-state index contributed by atoms with van der Waals surface area (Å²) in [6.45, 7) is 10.8. The Morgan fingerprint density at radius 2 is 1.76 bits per heavy atom. The molecule has 0 unspecified atom stereocenters. The number of furan rings is 2. The molecule has 3 heterocycles. The molecule has 1 atom stereocenters. The van der Waals surface area contributed by atoms with Gasteiger partial charge < -0.3 is 18.9 Å². The van der Waals surface area contributed by atoms with E-state index in [2.05, 4.69) is 20.7 Å². The number of tetrazole rings is 1. The fraction of sp³-hybridized carbons (Fsp3) is 0.370. The summed E-state index contributed by atoms with van der Waals surface area (Å²) in [6, 6.07) is 11.2. The Kier molecular flexibility index (Phi) is 7.38. The first-order valence-electron chi connectivity index (χ1n) is 12.1. The van der Waals surface area contributed by atoms with Crippen LogP contribution in [0.15, 0.2) is 51.3 Å². The van der Waals surface area contributed by atoms with Crippen LogP contribution in [0.4, 0.5) is 5.69 Å². The van der Waals surface area contributed by atoms with Crippen molar-refractivity contribution in [1.29, 1.82) is 0 Å². The molecule has 0 aliphatic rings. The lowest BCUT2D eigenvalue weighted by Crippen LogP contribution is -2.50. The summed E-state index contributed by atoms with van der Waals surface area (Å²) in [5.41, 5.74) is 0.715. The standard InChI is InChI=1S/C27H32N6O5/c1-16-8-11-20(36-7)19(14-16)33(24(21-12-9-17(2)37-21)26(35)28-27(4,5)6)23(34)15-32-30-25(29-31-32)22-13-10-18(3)38-22/h8-14,24H,15H2,1-7H3,(H,28,35)/t24-/m1/s1. The van der Waals surface area contributed by atoms with E-state index in [-0.39, 0.29) is 12.4 Å². The molecule has 200 valence electrons. The van der Waals surface area contributed by atoms with E-state index >= 15 is 0 Å². The number of carbonyl (C=O) groups excluding carboxylic acids is 2. The van der Waals surface area contributed by atoms with Crippen LogP contribution in [0.25, 0.3) is 11.6 Å². The zero-order chi connectivity index (χ0) is 27.6. The van der Waals surface area contributed by atoms with Crippen LogP contribution in [0, 0.1) is 20.8 Å². The summed E-state index contributed by atoms with van der Waals surface area (Å²) in [6.07, 6.45) is 0. The topological polar surface area (TPSA) is 129 Å². The Hall–Kier alpha value is -4.41. The average molecular weight is 521 g/mol. The van der Waals surface area contributed by atoms with Gasteiger partial charge in [-0.25, -0.2) is 0 Å². The molecule has 38 heavy (non-hydrogen) atoms. The van der Waals surface area contributed by atoms with Crippen LogP contribution in [0.2, 0.25) is 0 Å². The number of aryl methyl sites for hydroxylation is 3. The summed E-state index contributed by atoms with van der Waals surface area (Å²) in [4.78, 5) is 30.3. The van der Waals surface area contributed by atoms with Crippen LogP contribution >= 0.6 is 0 Å². The van der Waals surface area contributed by atoms with E-state index in [1.165, 1.54) is 12.0 Å². The van der Waals surface area contributed by atoms with Crippen LogP contribution < -0.4 is 15.0 Å². The van der Waals surface area contributed by atoms with E-state index < -0.39 is 23.4 Å². The molecule has 4 aromatic rings. The third kappa shape index (κ3) is 5.93. The first kappa shape index (κ1) is 26.6. The molecule has 0 aliphatic heterocycles. The van der Waals surface area contributed by atoms with E-state index in [4.69, 9.17) is 13.6 Å². The van der Waals surface area contributed by atoms with Gasteiger partial charge in [0.05, 0.1) is 12.8 Å². The zero-order valence-corrected chi connectivity index (χ0v) is 22.6. The molecular formula is C27H32N6O5. The minimum Gasteiger partial charge on any atom is -0.495 e. The molecule has 0 saturated heterocycles. The molecule has 0 bridgehead atoms. The number of nitrogens with zero attached hydrogens (tertiary/aromatic N) is 5. The maximum Gasteiger partial charge on any atom is 0.251 e. The highest BCUT2D eigenvalue weighted by Gasteiger charge is 2.38. The summed E-state index contributed by atoms with van der Waals surface area (Å²) < 4.78 is 17.1. The van der Waals surface area contributed by atoms with Crippen LogP contribution in [-0.2, 0) is 16.1 Å². The minimum atomic E-state index is -1.14. The third-order valence-corrected chi connectivity index (χ3v) is 5.59. The molecule has 11 nitrogen and oxygen atoms in total. The molecule has 3 aromatic heterocycles. The van der Waals surface area contributed by atoms with Gasteiger partial charge in [-0.05, 0) is 88.7 Å². The number of hydrogen-bond acceptors (Lipinski definition) is 8. The van der Waals surface area contributed by atoms with Crippen molar-refractivity contribution in [3.63, 3.8) is 0 Å². The number of amides is 2. The number of methoxy groups -OCH3 is 1. The highest BCUT2D eigenvalue weighted by molar-refractivity contribution is 6.02. The normalized spacial score (nSPS) is 12.3. The summed E-state index contributed by atoms with van der Waals surface area (Å²) >= 11 is 0. The number of carbonyl (C=O) groups is 2. The fourth-order valence-corrected chi connectivity index (χ4v) is 3.98. The maximum atomic E-state index is 14.0. The van der Waals surface area contributed by atoms with E-state index in [9.17, 15) is 9.59 Å². The van der Waals surface area contributed by atoms with Crippen molar-refractivity contribution in [3.8, 4) is 17.3 Å². The highest BCUT2D eigenvalue weighted by Crippen LogP contribution is 2.37. The first-order valence-corrected chi connectivity index (χ1v) is 12.1. The summed E-state index contributed by atoms with van der Waals surface area (Å²) in [5, 5.41) is 15.3. The van der Waals surface area contributed by atoms with Gasteiger partial charge in [0.25, 0.3) is 11.8 Å². The SMILES string of the molecule is COc1ccc(C)cc1N(C(=O)Cn1nnc(-c2ccc(C)o2)n1)[C@@H](C(=O)NC(C)(C)C)c1ccc(C)o1. The average Bonchev–Trinajstić information content (AvgIpc) is 3.57. The molecule has 0 fully saturated rings. The van der Waals surface area contributed by atoms with Crippen LogP contribution in [0.1, 0.15) is 49.7 Å². The number of nitrogens with one attached hydrogen (secondary N) is 1. The second kappa shape index (κ2) is 10.5. The number of ether oxygens (including phenoxy) is 1. The largest absolute Gasteiger partial charge is 0.495 e. The number of anilines is 1. The van der Waals surface area contributed by atoms with Gasteiger partial charge in [0, 0.05) is 5.54 Å². The summed E-state index contributed by atoms with van der Waals surface area (Å²) in [5.74, 6) is 1.82. The monoisotopic (exact) mass is 520 g/mol. The molecule has 1 aromatic carbocycles. The molecule has 4 rings (SSSR count). The van der Waals surface area contributed by atoms with Crippen molar-refractivity contribution in [2.24, 2.45) is 0 Å². The van der Waals surface area contributed by atoms with E-state index in [1.54, 1.807) is 43.3 Å². The van der Waals surface area contributed by atoms with Crippen molar-refractivity contribution in [1.82, 2.24) is 25.5 Å². The van der Waals surface area contributed by atoms with Gasteiger partial charge >= 0.3 is 0 Å². The van der Waals surface area contributed by atoms with Crippen molar-refractivity contribution < 1.29 is 23.2 Å². The van der Waals surface area contributed by atoms with Gasteiger partial charge in [0.1, 0.15) is 29.6 Å². The van der Waals surface area contributed by atoms with Gasteiger partial charge in [-0.2, -0.15) is 4.80 Å². The van der Waals surface area contributed by atoms with Crippen molar-refractivity contribution in [2.45, 2.75) is 59.7 Å². The zero-order valence-electron chi connectivity index (χ0n) is 22.6. The highest BCUT2D eigenvalue weighted by atomic mass is 16.5. The summed E-state index contributed by atoms with van der Waals surface area (Å²) in [7, 11) is 1.51. The van der Waals surface area contributed by atoms with Gasteiger partial charge in [-0.3, -0.25) is 14.5 Å². The van der Waals surface area contributed by atoms with Gasteiger partial charge in [0.2, 0.25) is 5.82 Å². The third-order valence-electron chi connectivity index (χ3n) is 5.59. The Labute approximate surface area is 220 Å². The van der Waals surface area contributed by atoms with Crippen LogP contribution in [0.5, 0.6) is 5.75 Å². The molecule has 0 aliphatic carbocycles.